The predicted octanol–water partition coefficient (Wildman–Crippen LogP) is 13.6. The molecule has 0 aliphatic rings. The van der Waals surface area contributed by atoms with Crippen molar-refractivity contribution >= 4 is 43.6 Å². The summed E-state index contributed by atoms with van der Waals surface area (Å²) in [6.45, 7) is 6.31. The van der Waals surface area contributed by atoms with Crippen molar-refractivity contribution in [3.63, 3.8) is 0 Å². The molecule has 0 fully saturated rings. The quantitative estimate of drug-likeness (QED) is 0.177. The van der Waals surface area contributed by atoms with Crippen LogP contribution < -0.4 is 0 Å². The van der Waals surface area contributed by atoms with E-state index in [0.717, 1.165) is 82.8 Å². The van der Waals surface area contributed by atoms with Crippen LogP contribution in [0.4, 0.5) is 0 Å². The van der Waals surface area contributed by atoms with Gasteiger partial charge >= 0.3 is 0 Å². The van der Waals surface area contributed by atoms with Crippen LogP contribution in [0.15, 0.2) is 164 Å². The van der Waals surface area contributed by atoms with Gasteiger partial charge in [0.2, 0.25) is 0 Å². The molecular weight excluding hydrogens is 693 g/mol. The molecule has 2 aromatic heterocycles. The number of aryl methyl sites for hydroxylation is 3. The van der Waals surface area contributed by atoms with Gasteiger partial charge in [-0.2, -0.15) is 10.5 Å². The van der Waals surface area contributed by atoms with Gasteiger partial charge in [0.25, 0.3) is 0 Å². The number of fused-ring (bicyclic) bond motifs is 6. The molecular formula is C53H36N4. The molecule has 10 aromatic rings. The van der Waals surface area contributed by atoms with Crippen LogP contribution >= 0.6 is 0 Å². The third kappa shape index (κ3) is 5.42. The zero-order chi connectivity index (χ0) is 38.8. The van der Waals surface area contributed by atoms with Crippen LogP contribution in [-0.2, 0) is 0 Å². The third-order valence-corrected chi connectivity index (χ3v) is 11.5. The summed E-state index contributed by atoms with van der Waals surface area (Å²) in [6.07, 6.45) is 0. The van der Waals surface area contributed by atoms with Gasteiger partial charge in [0.15, 0.2) is 0 Å². The van der Waals surface area contributed by atoms with E-state index >= 15 is 0 Å². The van der Waals surface area contributed by atoms with Crippen LogP contribution in [0.1, 0.15) is 27.8 Å². The van der Waals surface area contributed by atoms with E-state index in [1.54, 1.807) is 0 Å². The van der Waals surface area contributed by atoms with Crippen LogP contribution in [0.3, 0.4) is 0 Å². The van der Waals surface area contributed by atoms with E-state index in [1.165, 1.54) is 22.3 Å². The fourth-order valence-corrected chi connectivity index (χ4v) is 8.85. The maximum Gasteiger partial charge on any atom is 0.104 e. The minimum Gasteiger partial charge on any atom is -0.308 e. The van der Waals surface area contributed by atoms with Crippen molar-refractivity contribution < 1.29 is 0 Å². The second-order valence-electron chi connectivity index (χ2n) is 15.0. The van der Waals surface area contributed by atoms with Crippen LogP contribution in [-0.4, -0.2) is 9.13 Å². The van der Waals surface area contributed by atoms with E-state index in [9.17, 15) is 10.5 Å². The fraction of sp³-hybridized carbons (Fsp3) is 0.0566. The van der Waals surface area contributed by atoms with Crippen LogP contribution in [0, 0.1) is 43.4 Å². The van der Waals surface area contributed by atoms with Crippen molar-refractivity contribution in [1.82, 2.24) is 9.13 Å². The Kier molecular flexibility index (Phi) is 7.89. The first-order valence-electron chi connectivity index (χ1n) is 19.2. The smallest absolute Gasteiger partial charge is 0.104 e. The first kappa shape index (κ1) is 33.9. The number of benzene rings is 8. The molecule has 0 N–H and O–H groups in total. The zero-order valence-electron chi connectivity index (χ0n) is 31.9. The van der Waals surface area contributed by atoms with Crippen LogP contribution in [0.2, 0.25) is 0 Å². The van der Waals surface area contributed by atoms with E-state index in [2.05, 4.69) is 187 Å². The highest BCUT2D eigenvalue weighted by molar-refractivity contribution is 6.12. The van der Waals surface area contributed by atoms with Gasteiger partial charge in [-0.1, -0.05) is 115 Å². The number of hydrogen-bond acceptors (Lipinski definition) is 2. The monoisotopic (exact) mass is 728 g/mol. The number of rotatable bonds is 5. The Morgan fingerprint density at radius 2 is 0.842 bits per heavy atom. The molecule has 4 nitrogen and oxygen atoms in total. The first-order valence-corrected chi connectivity index (χ1v) is 19.2. The van der Waals surface area contributed by atoms with Crippen molar-refractivity contribution in [2.24, 2.45) is 0 Å². The van der Waals surface area contributed by atoms with Crippen molar-refractivity contribution in [2.45, 2.75) is 20.8 Å². The fourth-order valence-electron chi connectivity index (χ4n) is 8.85. The summed E-state index contributed by atoms with van der Waals surface area (Å²) in [5, 5.41) is 26.0. The Morgan fingerprint density at radius 1 is 0.386 bits per heavy atom. The standard InChI is InChI=1S/C53H36N4/c1-33-24-36(31-54)26-39(25-33)40-29-52(56-48-18-10-8-16-43(48)45-22-20-37(27-50(45)56)41-14-6-4-12-34(41)2)47(32-55)53(30-40)57-49-19-11-9-17-44(49)46-23-21-38(28-51(46)57)42-15-7-5-13-35(42)3/h4-30H,1-3H3. The Hall–Kier alpha value is -7.66. The number of nitrogens with zero attached hydrogens (tertiary/aromatic N) is 4. The second kappa shape index (κ2) is 13.3. The molecule has 4 heteroatoms. The molecule has 0 saturated carbocycles. The predicted molar refractivity (Wildman–Crippen MR) is 235 cm³/mol. The second-order valence-corrected chi connectivity index (χ2v) is 15.0. The molecule has 0 spiro atoms. The Morgan fingerprint density at radius 3 is 1.33 bits per heavy atom. The van der Waals surface area contributed by atoms with E-state index in [-0.39, 0.29) is 0 Å². The Bertz CT molecular complexity index is 3180. The zero-order valence-corrected chi connectivity index (χ0v) is 31.9. The normalized spacial score (nSPS) is 11.4. The number of hydrogen-bond donors (Lipinski definition) is 0. The topological polar surface area (TPSA) is 57.4 Å². The van der Waals surface area contributed by atoms with Gasteiger partial charge in [-0.05, 0) is 119 Å². The molecule has 0 bridgehead atoms. The molecule has 0 aliphatic carbocycles. The van der Waals surface area contributed by atoms with Gasteiger partial charge < -0.3 is 9.13 Å². The lowest BCUT2D eigenvalue weighted by atomic mass is 9.96. The highest BCUT2D eigenvalue weighted by Crippen LogP contribution is 2.42. The van der Waals surface area contributed by atoms with Gasteiger partial charge in [-0.15, -0.1) is 0 Å². The van der Waals surface area contributed by atoms with Crippen LogP contribution in [0.5, 0.6) is 0 Å². The molecule has 2 heterocycles. The van der Waals surface area contributed by atoms with Gasteiger partial charge in [-0.25, -0.2) is 0 Å². The number of aromatic nitrogens is 2. The maximum absolute atomic E-state index is 11.5. The summed E-state index contributed by atoms with van der Waals surface area (Å²) in [6, 6.07) is 62.6. The van der Waals surface area contributed by atoms with Gasteiger partial charge in [0, 0.05) is 21.5 Å². The lowest BCUT2D eigenvalue weighted by Crippen LogP contribution is -2.05. The van der Waals surface area contributed by atoms with Crippen molar-refractivity contribution in [3.8, 4) is 56.9 Å². The Labute approximate surface area is 331 Å². The average molecular weight is 729 g/mol. The Balaban J connectivity index is 1.36. The lowest BCUT2D eigenvalue weighted by molar-refractivity contribution is 1.12. The van der Waals surface area contributed by atoms with E-state index in [0.29, 0.717) is 11.1 Å². The van der Waals surface area contributed by atoms with E-state index in [4.69, 9.17) is 0 Å². The summed E-state index contributed by atoms with van der Waals surface area (Å²) in [5.74, 6) is 0. The minimum atomic E-state index is 0.555. The average Bonchev–Trinajstić information content (AvgIpc) is 3.75. The molecule has 57 heavy (non-hydrogen) atoms. The van der Waals surface area contributed by atoms with Crippen molar-refractivity contribution in [3.05, 3.63) is 192 Å². The van der Waals surface area contributed by atoms with Crippen molar-refractivity contribution in [1.29, 1.82) is 10.5 Å². The first-order chi connectivity index (χ1) is 27.9. The molecule has 0 atom stereocenters. The molecule has 10 rings (SSSR count). The molecule has 268 valence electrons. The highest BCUT2D eigenvalue weighted by Gasteiger charge is 2.23. The summed E-state index contributed by atoms with van der Waals surface area (Å²) in [5.41, 5.74) is 16.6. The van der Waals surface area contributed by atoms with Gasteiger partial charge in [0.05, 0.1) is 45.1 Å². The summed E-state index contributed by atoms with van der Waals surface area (Å²) >= 11 is 0. The highest BCUT2D eigenvalue weighted by atomic mass is 15.0. The molecule has 0 amide bonds. The third-order valence-electron chi connectivity index (χ3n) is 11.5. The summed E-state index contributed by atoms with van der Waals surface area (Å²) in [4.78, 5) is 0. The van der Waals surface area contributed by atoms with E-state index in [1.807, 2.05) is 19.1 Å². The molecule has 0 radical (unpaired) electrons. The van der Waals surface area contributed by atoms with E-state index < -0.39 is 0 Å². The lowest BCUT2D eigenvalue weighted by Gasteiger charge is -2.19. The molecule has 0 saturated heterocycles. The summed E-state index contributed by atoms with van der Waals surface area (Å²) in [7, 11) is 0. The maximum atomic E-state index is 11.5. The SMILES string of the molecule is Cc1cc(C#N)cc(-c2cc(-n3c4ccccc4c4ccc(-c5ccccc5C)cc43)c(C#N)c(-n3c4ccccc4c4ccc(-c5ccccc5C)cc43)c2)c1. The molecule has 0 unspecified atom stereocenters. The minimum absolute atomic E-state index is 0.555. The number of nitriles is 2. The van der Waals surface area contributed by atoms with Crippen LogP contribution in [0.25, 0.3) is 88.4 Å². The van der Waals surface area contributed by atoms with Gasteiger partial charge in [0.1, 0.15) is 11.6 Å². The molecule has 8 aromatic carbocycles. The summed E-state index contributed by atoms with van der Waals surface area (Å²) < 4.78 is 4.54. The van der Waals surface area contributed by atoms with Crippen molar-refractivity contribution in [2.75, 3.05) is 0 Å². The van der Waals surface area contributed by atoms with Gasteiger partial charge in [-0.3, -0.25) is 0 Å². The number of para-hydroxylation sites is 2. The largest absolute Gasteiger partial charge is 0.308 e. The molecule has 0 aliphatic heterocycles.